The summed E-state index contributed by atoms with van der Waals surface area (Å²) in [6.45, 7) is 5.32. The lowest BCUT2D eigenvalue weighted by Gasteiger charge is -2.29. The molecule has 0 saturated carbocycles. The molecule has 0 aromatic carbocycles. The van der Waals surface area contributed by atoms with E-state index in [2.05, 4.69) is 5.32 Å². The van der Waals surface area contributed by atoms with E-state index in [0.717, 1.165) is 32.2 Å². The molecule has 1 atom stereocenters. The molecule has 1 unspecified atom stereocenters. The number of hydrogen-bond donors (Lipinski definition) is 2. The van der Waals surface area contributed by atoms with Crippen molar-refractivity contribution in [3.8, 4) is 0 Å². The molecule has 0 bridgehead atoms. The Balaban J connectivity index is 2.49. The summed E-state index contributed by atoms with van der Waals surface area (Å²) >= 11 is 0. The first-order valence-corrected chi connectivity index (χ1v) is 6.29. The van der Waals surface area contributed by atoms with Gasteiger partial charge in [0, 0.05) is 12.6 Å². The predicted octanol–water partition coefficient (Wildman–Crippen LogP) is 0.748. The van der Waals surface area contributed by atoms with Gasteiger partial charge < -0.3 is 15.3 Å². The van der Waals surface area contributed by atoms with Crippen LogP contribution in [0.5, 0.6) is 0 Å². The van der Waals surface area contributed by atoms with E-state index in [1.54, 1.807) is 0 Å². The number of aliphatic hydroxyl groups is 1. The van der Waals surface area contributed by atoms with Crippen LogP contribution in [-0.2, 0) is 4.79 Å². The summed E-state index contributed by atoms with van der Waals surface area (Å²) in [5.74, 6) is 0.120. The highest BCUT2D eigenvalue weighted by Crippen LogP contribution is 2.16. The quantitative estimate of drug-likeness (QED) is 0.746. The second-order valence-corrected chi connectivity index (χ2v) is 4.81. The lowest BCUT2D eigenvalue weighted by molar-refractivity contribution is -0.133. The van der Waals surface area contributed by atoms with E-state index in [-0.39, 0.29) is 18.6 Å². The molecule has 2 N–H and O–H groups in total. The van der Waals surface area contributed by atoms with Crippen molar-refractivity contribution in [2.45, 2.75) is 51.6 Å². The maximum absolute atomic E-state index is 12.0. The number of nitrogens with zero attached hydrogens (tertiary/aromatic N) is 1. The lowest BCUT2D eigenvalue weighted by Crippen LogP contribution is -2.46. The molecule has 1 rings (SSSR count). The minimum absolute atomic E-state index is 0.0314. The van der Waals surface area contributed by atoms with Gasteiger partial charge in [0.2, 0.25) is 5.91 Å². The van der Waals surface area contributed by atoms with Crippen LogP contribution < -0.4 is 5.32 Å². The first-order valence-electron chi connectivity index (χ1n) is 6.29. The van der Waals surface area contributed by atoms with Crippen molar-refractivity contribution in [2.24, 2.45) is 0 Å². The number of aliphatic hydroxyl groups excluding tert-OH is 1. The Morgan fingerprint density at radius 3 is 2.81 bits per heavy atom. The molecular formula is C12H24N2O2. The standard InChI is InChI=1S/C12H24N2O2/c1-10(2)13-8-12(16)14-7-5-3-4-6-11(14)9-15/h10-11,13,15H,3-9H2,1-2H3. The summed E-state index contributed by atoms with van der Waals surface area (Å²) in [7, 11) is 0. The maximum Gasteiger partial charge on any atom is 0.236 e. The monoisotopic (exact) mass is 228 g/mol. The predicted molar refractivity (Wildman–Crippen MR) is 64.2 cm³/mol. The zero-order chi connectivity index (χ0) is 12.0. The van der Waals surface area contributed by atoms with E-state index in [1.165, 1.54) is 0 Å². The van der Waals surface area contributed by atoms with Crippen LogP contribution in [0.1, 0.15) is 39.5 Å². The fourth-order valence-electron chi connectivity index (χ4n) is 2.09. The number of hydrogen-bond acceptors (Lipinski definition) is 3. The summed E-state index contributed by atoms with van der Waals surface area (Å²) in [5.41, 5.74) is 0. The summed E-state index contributed by atoms with van der Waals surface area (Å²) < 4.78 is 0. The van der Waals surface area contributed by atoms with Gasteiger partial charge in [-0.1, -0.05) is 26.7 Å². The lowest BCUT2D eigenvalue weighted by atomic mass is 10.1. The third-order valence-corrected chi connectivity index (χ3v) is 3.07. The van der Waals surface area contributed by atoms with Crippen LogP contribution in [-0.4, -0.2) is 47.7 Å². The highest BCUT2D eigenvalue weighted by Gasteiger charge is 2.24. The van der Waals surface area contributed by atoms with E-state index in [9.17, 15) is 9.90 Å². The minimum atomic E-state index is 0.0314. The average Bonchev–Trinajstić information content (AvgIpc) is 2.50. The van der Waals surface area contributed by atoms with Crippen LogP contribution in [0.25, 0.3) is 0 Å². The van der Waals surface area contributed by atoms with Crippen molar-refractivity contribution in [3.05, 3.63) is 0 Å². The van der Waals surface area contributed by atoms with Gasteiger partial charge in [-0.05, 0) is 12.8 Å². The molecule has 0 aromatic heterocycles. The normalized spacial score (nSPS) is 22.2. The van der Waals surface area contributed by atoms with Crippen LogP contribution in [0.3, 0.4) is 0 Å². The molecule has 0 spiro atoms. The smallest absolute Gasteiger partial charge is 0.236 e. The Labute approximate surface area is 98.0 Å². The van der Waals surface area contributed by atoms with Crippen molar-refractivity contribution in [2.75, 3.05) is 19.7 Å². The van der Waals surface area contributed by atoms with Gasteiger partial charge in [0.05, 0.1) is 19.2 Å². The zero-order valence-electron chi connectivity index (χ0n) is 10.4. The van der Waals surface area contributed by atoms with Gasteiger partial charge in [-0.2, -0.15) is 0 Å². The van der Waals surface area contributed by atoms with Crippen LogP contribution in [0, 0.1) is 0 Å². The Morgan fingerprint density at radius 2 is 2.19 bits per heavy atom. The Morgan fingerprint density at radius 1 is 1.44 bits per heavy atom. The van der Waals surface area contributed by atoms with E-state index in [0.29, 0.717) is 12.6 Å². The maximum atomic E-state index is 12.0. The molecule has 16 heavy (non-hydrogen) atoms. The van der Waals surface area contributed by atoms with Crippen molar-refractivity contribution < 1.29 is 9.90 Å². The van der Waals surface area contributed by atoms with Gasteiger partial charge in [0.15, 0.2) is 0 Å². The van der Waals surface area contributed by atoms with Crippen molar-refractivity contribution in [1.82, 2.24) is 10.2 Å². The Hall–Kier alpha value is -0.610. The zero-order valence-corrected chi connectivity index (χ0v) is 10.4. The molecule has 0 aliphatic carbocycles. The molecule has 1 amide bonds. The first-order chi connectivity index (χ1) is 7.65. The molecule has 1 heterocycles. The van der Waals surface area contributed by atoms with Crippen LogP contribution >= 0.6 is 0 Å². The highest BCUT2D eigenvalue weighted by molar-refractivity contribution is 5.78. The van der Waals surface area contributed by atoms with Crippen LogP contribution in [0.15, 0.2) is 0 Å². The Bertz CT molecular complexity index is 219. The summed E-state index contributed by atoms with van der Waals surface area (Å²) in [6, 6.07) is 0.354. The topological polar surface area (TPSA) is 52.6 Å². The number of amides is 1. The molecule has 94 valence electrons. The molecule has 0 aromatic rings. The Kier molecular flexibility index (Phi) is 5.77. The number of likely N-dealkylation sites (tertiary alicyclic amines) is 1. The molecule has 4 nitrogen and oxygen atoms in total. The third-order valence-electron chi connectivity index (χ3n) is 3.07. The second-order valence-electron chi connectivity index (χ2n) is 4.81. The van der Waals surface area contributed by atoms with E-state index in [1.807, 2.05) is 18.7 Å². The van der Waals surface area contributed by atoms with Crippen molar-refractivity contribution >= 4 is 5.91 Å². The van der Waals surface area contributed by atoms with Crippen molar-refractivity contribution in [3.63, 3.8) is 0 Å². The second kappa shape index (κ2) is 6.86. The van der Waals surface area contributed by atoms with Crippen LogP contribution in [0.4, 0.5) is 0 Å². The summed E-state index contributed by atoms with van der Waals surface area (Å²) in [5, 5.41) is 12.4. The number of nitrogens with one attached hydrogen (secondary N) is 1. The summed E-state index contributed by atoms with van der Waals surface area (Å²) in [4.78, 5) is 13.8. The molecule has 0 radical (unpaired) electrons. The van der Waals surface area contributed by atoms with Gasteiger partial charge in [0.1, 0.15) is 0 Å². The molecule has 4 heteroatoms. The van der Waals surface area contributed by atoms with Gasteiger partial charge in [-0.25, -0.2) is 0 Å². The molecule has 1 fully saturated rings. The fraction of sp³-hybridized carbons (Fsp3) is 0.917. The van der Waals surface area contributed by atoms with Gasteiger partial charge in [-0.3, -0.25) is 4.79 Å². The fourth-order valence-corrected chi connectivity index (χ4v) is 2.09. The van der Waals surface area contributed by atoms with E-state index < -0.39 is 0 Å². The highest BCUT2D eigenvalue weighted by atomic mass is 16.3. The molecule has 1 aliphatic heterocycles. The molecular weight excluding hydrogens is 204 g/mol. The molecule has 1 aliphatic rings. The summed E-state index contributed by atoms with van der Waals surface area (Å²) in [6.07, 6.45) is 4.28. The third kappa shape index (κ3) is 4.10. The van der Waals surface area contributed by atoms with Gasteiger partial charge >= 0.3 is 0 Å². The van der Waals surface area contributed by atoms with Gasteiger partial charge in [-0.15, -0.1) is 0 Å². The number of rotatable bonds is 4. The van der Waals surface area contributed by atoms with Crippen molar-refractivity contribution in [1.29, 1.82) is 0 Å². The first kappa shape index (κ1) is 13.5. The van der Waals surface area contributed by atoms with Crippen LogP contribution in [0.2, 0.25) is 0 Å². The van der Waals surface area contributed by atoms with E-state index in [4.69, 9.17) is 0 Å². The number of carbonyl (C=O) groups is 1. The SMILES string of the molecule is CC(C)NCC(=O)N1CCCCCC1CO. The minimum Gasteiger partial charge on any atom is -0.394 e. The number of carbonyl (C=O) groups excluding carboxylic acids is 1. The average molecular weight is 228 g/mol. The molecule has 1 saturated heterocycles. The largest absolute Gasteiger partial charge is 0.394 e. The van der Waals surface area contributed by atoms with Gasteiger partial charge in [0.25, 0.3) is 0 Å². The van der Waals surface area contributed by atoms with E-state index >= 15 is 0 Å².